The van der Waals surface area contributed by atoms with Crippen LogP contribution in [0, 0.1) is 0 Å². The molecule has 0 aliphatic carbocycles. The molecule has 0 atom stereocenters. The van der Waals surface area contributed by atoms with E-state index in [-0.39, 0.29) is 12.2 Å². The molecule has 0 unspecified atom stereocenters. The van der Waals surface area contributed by atoms with Crippen molar-refractivity contribution in [3.63, 3.8) is 0 Å². The zero-order valence-corrected chi connectivity index (χ0v) is 6.76. The predicted molar refractivity (Wildman–Crippen MR) is 38.8 cm³/mol. The highest BCUT2D eigenvalue weighted by Crippen LogP contribution is 2.02. The van der Waals surface area contributed by atoms with Crippen molar-refractivity contribution in [1.29, 1.82) is 0 Å². The quantitative estimate of drug-likeness (QED) is 0.520. The Morgan fingerprint density at radius 3 is 2.09 bits per heavy atom. The van der Waals surface area contributed by atoms with E-state index in [2.05, 4.69) is 0 Å². The minimum atomic E-state index is -1.01. The molecular weight excluding hydrogens is 144 g/mol. The van der Waals surface area contributed by atoms with Gasteiger partial charge in [0.2, 0.25) is 0 Å². The molecular formula is C8H13O3-. The van der Waals surface area contributed by atoms with Gasteiger partial charge in [-0.3, -0.25) is 0 Å². The number of carbonyl (C=O) groups is 2. The summed E-state index contributed by atoms with van der Waals surface area (Å²) in [6.07, 6.45) is 2.89. The van der Waals surface area contributed by atoms with Crippen molar-refractivity contribution in [2.45, 2.75) is 39.0 Å². The average molecular weight is 157 g/mol. The molecule has 0 aliphatic heterocycles. The van der Waals surface area contributed by atoms with Crippen molar-refractivity contribution in [3.8, 4) is 0 Å². The number of hydrogen-bond donors (Lipinski definition) is 0. The van der Waals surface area contributed by atoms with Gasteiger partial charge in [-0.25, -0.2) is 0 Å². The van der Waals surface area contributed by atoms with Crippen LogP contribution in [0.4, 0.5) is 0 Å². The molecule has 0 aromatic rings. The lowest BCUT2D eigenvalue weighted by atomic mass is 10.1. The summed E-state index contributed by atoms with van der Waals surface area (Å²) in [6, 6.07) is 0. The third-order valence-corrected chi connectivity index (χ3v) is 1.41. The molecule has 0 amide bonds. The summed E-state index contributed by atoms with van der Waals surface area (Å²) in [5, 5.41) is 9.92. The van der Waals surface area contributed by atoms with Crippen LogP contribution >= 0.6 is 0 Å². The van der Waals surface area contributed by atoms with Crippen LogP contribution in [0.25, 0.3) is 0 Å². The van der Waals surface area contributed by atoms with Crippen molar-refractivity contribution >= 4 is 11.8 Å². The van der Waals surface area contributed by atoms with E-state index in [1.54, 1.807) is 6.92 Å². The Hall–Kier alpha value is -0.860. The first-order chi connectivity index (χ1) is 5.13. The molecule has 0 fully saturated rings. The summed E-state index contributed by atoms with van der Waals surface area (Å²) in [5.41, 5.74) is 0. The first-order valence-electron chi connectivity index (χ1n) is 3.82. The van der Waals surface area contributed by atoms with E-state index < -0.39 is 5.97 Å². The smallest absolute Gasteiger partial charge is 0.129 e. The summed E-state index contributed by atoms with van der Waals surface area (Å²) in [7, 11) is 0. The maximum Gasteiger partial charge on any atom is 0.129 e. The van der Waals surface area contributed by atoms with Gasteiger partial charge in [-0.15, -0.1) is 0 Å². The number of carbonyl (C=O) groups excluding carboxylic acids is 2. The first kappa shape index (κ1) is 10.1. The number of aliphatic carboxylic acids is 1. The van der Waals surface area contributed by atoms with Crippen LogP contribution in [0.5, 0.6) is 0 Å². The van der Waals surface area contributed by atoms with E-state index in [4.69, 9.17) is 0 Å². The van der Waals surface area contributed by atoms with Crippen molar-refractivity contribution in [1.82, 2.24) is 0 Å². The molecule has 0 rings (SSSR count). The summed E-state index contributed by atoms with van der Waals surface area (Å²) in [5.74, 6) is -0.841. The maximum absolute atomic E-state index is 10.4. The minimum Gasteiger partial charge on any atom is -0.550 e. The molecule has 0 spiro atoms. The second kappa shape index (κ2) is 5.89. The monoisotopic (exact) mass is 157 g/mol. The van der Waals surface area contributed by atoms with Gasteiger partial charge in [0.15, 0.2) is 0 Å². The molecule has 0 N–H and O–H groups in total. The maximum atomic E-state index is 10.4. The molecule has 0 bridgehead atoms. The van der Waals surface area contributed by atoms with Gasteiger partial charge in [-0.05, 0) is 26.2 Å². The zero-order valence-electron chi connectivity index (χ0n) is 6.76. The summed E-state index contributed by atoms with van der Waals surface area (Å²) in [4.78, 5) is 20.3. The topological polar surface area (TPSA) is 57.2 Å². The van der Waals surface area contributed by atoms with E-state index in [0.717, 1.165) is 12.8 Å². The van der Waals surface area contributed by atoms with Crippen LogP contribution in [0.1, 0.15) is 39.0 Å². The molecule has 0 saturated carbocycles. The van der Waals surface area contributed by atoms with Crippen molar-refractivity contribution < 1.29 is 14.7 Å². The van der Waals surface area contributed by atoms with Crippen molar-refractivity contribution in [2.75, 3.05) is 0 Å². The van der Waals surface area contributed by atoms with E-state index >= 15 is 0 Å². The molecule has 0 aromatic carbocycles. The number of ketones is 1. The van der Waals surface area contributed by atoms with E-state index in [9.17, 15) is 14.7 Å². The van der Waals surface area contributed by atoms with E-state index in [0.29, 0.717) is 12.8 Å². The Kier molecular flexibility index (Phi) is 5.43. The fourth-order valence-corrected chi connectivity index (χ4v) is 0.820. The normalized spacial score (nSPS) is 9.55. The lowest BCUT2D eigenvalue weighted by Gasteiger charge is -2.00. The van der Waals surface area contributed by atoms with Gasteiger partial charge in [-0.2, -0.15) is 0 Å². The van der Waals surface area contributed by atoms with E-state index in [1.807, 2.05) is 0 Å². The van der Waals surface area contributed by atoms with Crippen LogP contribution < -0.4 is 5.11 Å². The molecule has 0 radical (unpaired) electrons. The molecule has 64 valence electrons. The highest BCUT2D eigenvalue weighted by atomic mass is 16.4. The zero-order chi connectivity index (χ0) is 8.69. The highest BCUT2D eigenvalue weighted by Gasteiger charge is 1.93. The van der Waals surface area contributed by atoms with Crippen LogP contribution in [0.3, 0.4) is 0 Å². The Balaban J connectivity index is 3.03. The number of unbranched alkanes of at least 4 members (excludes halogenated alkanes) is 2. The van der Waals surface area contributed by atoms with E-state index in [1.165, 1.54) is 0 Å². The largest absolute Gasteiger partial charge is 0.550 e. The third-order valence-electron chi connectivity index (χ3n) is 1.41. The lowest BCUT2D eigenvalue weighted by molar-refractivity contribution is -0.305. The first-order valence-corrected chi connectivity index (χ1v) is 3.82. The number of carboxylic acids is 1. The Labute approximate surface area is 66.4 Å². The van der Waals surface area contributed by atoms with Crippen LogP contribution in [0.15, 0.2) is 0 Å². The van der Waals surface area contributed by atoms with Gasteiger partial charge in [0, 0.05) is 12.4 Å². The highest BCUT2D eigenvalue weighted by molar-refractivity contribution is 5.75. The van der Waals surface area contributed by atoms with Crippen LogP contribution in [-0.2, 0) is 9.59 Å². The third kappa shape index (κ3) is 9.14. The van der Waals surface area contributed by atoms with Gasteiger partial charge in [0.1, 0.15) is 5.78 Å². The fourth-order valence-electron chi connectivity index (χ4n) is 0.820. The minimum absolute atomic E-state index is 0.109. The molecule has 3 heteroatoms. The van der Waals surface area contributed by atoms with Crippen molar-refractivity contribution in [3.05, 3.63) is 0 Å². The standard InChI is InChI=1S/C8H14O3/c1-7(9)5-3-2-4-6-8(10)11/h2-6H2,1H3,(H,10,11)/p-1. The lowest BCUT2D eigenvalue weighted by Crippen LogP contribution is -2.21. The molecule has 0 aliphatic rings. The number of carboxylic acid groups (broad SMARTS) is 1. The van der Waals surface area contributed by atoms with Crippen LogP contribution in [-0.4, -0.2) is 11.8 Å². The second-order valence-electron chi connectivity index (χ2n) is 2.63. The number of hydrogen-bond acceptors (Lipinski definition) is 3. The molecule has 0 saturated heterocycles. The molecule has 11 heavy (non-hydrogen) atoms. The number of Topliss-reactive ketones (excluding diaryl/α,β-unsaturated/α-hetero) is 1. The Bertz CT molecular complexity index is 124. The predicted octanol–water partition coefficient (Wildman–Crippen LogP) is 0.276. The fraction of sp³-hybridized carbons (Fsp3) is 0.750. The molecule has 3 nitrogen and oxygen atoms in total. The average Bonchev–Trinajstić information content (AvgIpc) is 1.85. The van der Waals surface area contributed by atoms with Gasteiger partial charge in [-0.1, -0.05) is 6.42 Å². The van der Waals surface area contributed by atoms with Gasteiger partial charge < -0.3 is 14.7 Å². The summed E-state index contributed by atoms with van der Waals surface area (Å²) >= 11 is 0. The Morgan fingerprint density at radius 2 is 1.64 bits per heavy atom. The van der Waals surface area contributed by atoms with Gasteiger partial charge in [0.05, 0.1) is 0 Å². The Morgan fingerprint density at radius 1 is 1.09 bits per heavy atom. The molecule has 0 aromatic heterocycles. The van der Waals surface area contributed by atoms with Crippen molar-refractivity contribution in [2.24, 2.45) is 0 Å². The van der Waals surface area contributed by atoms with Gasteiger partial charge >= 0.3 is 0 Å². The van der Waals surface area contributed by atoms with Gasteiger partial charge in [0.25, 0.3) is 0 Å². The molecule has 0 heterocycles. The summed E-state index contributed by atoms with van der Waals surface area (Å²) in [6.45, 7) is 1.54. The SMILES string of the molecule is CC(=O)CCCCCC(=O)[O-]. The van der Waals surface area contributed by atoms with Crippen LogP contribution in [0.2, 0.25) is 0 Å². The summed E-state index contributed by atoms with van der Waals surface area (Å²) < 4.78 is 0. The number of rotatable bonds is 6. The second-order valence-corrected chi connectivity index (χ2v) is 2.63.